The number of likely N-dealkylation sites (N-methyl/N-ethyl adjacent to an activating group) is 1. The van der Waals surface area contributed by atoms with Crippen molar-refractivity contribution in [1.82, 2.24) is 4.90 Å². The van der Waals surface area contributed by atoms with Crippen LogP contribution in [0, 0.1) is 10.1 Å². The van der Waals surface area contributed by atoms with Crippen LogP contribution < -0.4 is 4.74 Å². The summed E-state index contributed by atoms with van der Waals surface area (Å²) in [6, 6.07) is 3.97. The smallest absolute Gasteiger partial charge is 0.288 e. The fourth-order valence-electron chi connectivity index (χ4n) is 1.66. The Morgan fingerprint density at radius 3 is 2.67 bits per heavy atom. The fraction of sp³-hybridized carbons (Fsp3) is 0.357. The van der Waals surface area contributed by atoms with Crippen LogP contribution in [0.3, 0.4) is 0 Å². The van der Waals surface area contributed by atoms with E-state index >= 15 is 0 Å². The predicted molar refractivity (Wildman–Crippen MR) is 80.7 cm³/mol. The Labute approximate surface area is 128 Å². The number of carbonyl (C=O) groups is 1. The van der Waals surface area contributed by atoms with E-state index in [0.717, 1.165) is 5.57 Å². The van der Waals surface area contributed by atoms with Gasteiger partial charge in [-0.15, -0.1) is 0 Å². The highest BCUT2D eigenvalue weighted by atomic mass is 35.5. The molecule has 1 amide bonds. The summed E-state index contributed by atoms with van der Waals surface area (Å²) in [6.45, 7) is 8.34. The molecule has 0 saturated carbocycles. The van der Waals surface area contributed by atoms with Gasteiger partial charge in [0.25, 0.3) is 11.6 Å². The van der Waals surface area contributed by atoms with Crippen molar-refractivity contribution in [3.8, 4) is 5.75 Å². The highest BCUT2D eigenvalue weighted by molar-refractivity contribution is 6.32. The molecule has 0 fully saturated rings. The van der Waals surface area contributed by atoms with Gasteiger partial charge in [-0.3, -0.25) is 14.9 Å². The van der Waals surface area contributed by atoms with E-state index < -0.39 is 4.92 Å². The third-order valence-electron chi connectivity index (χ3n) is 2.67. The highest BCUT2D eigenvalue weighted by Crippen LogP contribution is 2.28. The molecule has 21 heavy (non-hydrogen) atoms. The van der Waals surface area contributed by atoms with Gasteiger partial charge in [-0.05, 0) is 19.9 Å². The molecule has 6 nitrogen and oxygen atoms in total. The Morgan fingerprint density at radius 1 is 1.52 bits per heavy atom. The largest absolute Gasteiger partial charge is 0.484 e. The van der Waals surface area contributed by atoms with Gasteiger partial charge in [-0.2, -0.15) is 0 Å². The number of hydrogen-bond donors (Lipinski definition) is 0. The molecule has 0 saturated heterocycles. The molecule has 1 rings (SSSR count). The first-order valence-corrected chi connectivity index (χ1v) is 6.71. The minimum Gasteiger partial charge on any atom is -0.484 e. The van der Waals surface area contributed by atoms with Crippen LogP contribution in [0.25, 0.3) is 0 Å². The average molecular weight is 313 g/mol. The molecule has 0 atom stereocenters. The summed E-state index contributed by atoms with van der Waals surface area (Å²) in [5.41, 5.74) is 0.677. The van der Waals surface area contributed by atoms with Crippen molar-refractivity contribution in [2.24, 2.45) is 0 Å². The molecular formula is C14H17ClN2O4. The Balaban J connectivity index is 2.66. The summed E-state index contributed by atoms with van der Waals surface area (Å²) >= 11 is 5.77. The molecule has 0 unspecified atom stereocenters. The topological polar surface area (TPSA) is 72.7 Å². The molecular weight excluding hydrogens is 296 g/mol. The zero-order chi connectivity index (χ0) is 16.0. The molecule has 0 N–H and O–H groups in total. The molecule has 1 aromatic rings. The summed E-state index contributed by atoms with van der Waals surface area (Å²) in [5.74, 6) is 0.125. The maximum Gasteiger partial charge on any atom is 0.288 e. The summed E-state index contributed by atoms with van der Waals surface area (Å²) in [7, 11) is 0. The minimum absolute atomic E-state index is 0.0285. The number of carbonyl (C=O) groups excluding carboxylic acids is 1. The van der Waals surface area contributed by atoms with Crippen molar-refractivity contribution in [2.45, 2.75) is 13.8 Å². The first-order chi connectivity index (χ1) is 9.85. The second-order valence-electron chi connectivity index (χ2n) is 4.52. The van der Waals surface area contributed by atoms with E-state index in [4.69, 9.17) is 16.3 Å². The van der Waals surface area contributed by atoms with Crippen molar-refractivity contribution in [2.75, 3.05) is 19.7 Å². The van der Waals surface area contributed by atoms with Crippen molar-refractivity contribution in [3.63, 3.8) is 0 Å². The molecule has 7 heteroatoms. The van der Waals surface area contributed by atoms with E-state index in [9.17, 15) is 14.9 Å². The van der Waals surface area contributed by atoms with Gasteiger partial charge in [0.1, 0.15) is 10.8 Å². The second kappa shape index (κ2) is 7.64. The lowest BCUT2D eigenvalue weighted by Crippen LogP contribution is -2.35. The molecule has 0 bridgehead atoms. The highest BCUT2D eigenvalue weighted by Gasteiger charge is 2.15. The Kier molecular flexibility index (Phi) is 6.17. The number of halogens is 1. The maximum absolute atomic E-state index is 12.0. The van der Waals surface area contributed by atoms with E-state index in [0.29, 0.717) is 18.8 Å². The Morgan fingerprint density at radius 2 is 2.19 bits per heavy atom. The van der Waals surface area contributed by atoms with E-state index in [1.807, 2.05) is 13.8 Å². The first-order valence-electron chi connectivity index (χ1n) is 6.34. The number of nitro benzene ring substituents is 1. The molecule has 0 aliphatic heterocycles. The molecule has 114 valence electrons. The van der Waals surface area contributed by atoms with E-state index in [-0.39, 0.29) is 23.2 Å². The van der Waals surface area contributed by atoms with Gasteiger partial charge < -0.3 is 9.64 Å². The summed E-state index contributed by atoms with van der Waals surface area (Å²) in [6.07, 6.45) is 0. The number of nitro groups is 1. The zero-order valence-electron chi connectivity index (χ0n) is 12.0. The molecule has 0 spiro atoms. The lowest BCUT2D eigenvalue weighted by molar-refractivity contribution is -0.384. The van der Waals surface area contributed by atoms with Crippen LogP contribution in [0.1, 0.15) is 13.8 Å². The van der Waals surface area contributed by atoms with Crippen LogP contribution in [0.4, 0.5) is 5.69 Å². The monoisotopic (exact) mass is 312 g/mol. The van der Waals surface area contributed by atoms with Gasteiger partial charge in [-0.25, -0.2) is 0 Å². The van der Waals surface area contributed by atoms with Crippen molar-refractivity contribution >= 4 is 23.2 Å². The van der Waals surface area contributed by atoms with Gasteiger partial charge in [-0.1, -0.05) is 23.8 Å². The normalized spacial score (nSPS) is 10.0. The Hall–Kier alpha value is -2.08. The average Bonchev–Trinajstić information content (AvgIpc) is 2.41. The lowest BCUT2D eigenvalue weighted by Gasteiger charge is -2.21. The molecule has 1 aromatic carbocycles. The van der Waals surface area contributed by atoms with Gasteiger partial charge in [0.15, 0.2) is 6.61 Å². The molecule has 0 radical (unpaired) electrons. The number of ether oxygens (including phenoxy) is 1. The third-order valence-corrected chi connectivity index (χ3v) is 2.98. The van der Waals surface area contributed by atoms with Crippen molar-refractivity contribution in [1.29, 1.82) is 0 Å². The number of hydrogen-bond acceptors (Lipinski definition) is 4. The number of rotatable bonds is 7. The molecule has 0 aliphatic carbocycles. The number of benzene rings is 1. The number of amides is 1. The minimum atomic E-state index is -0.580. The van der Waals surface area contributed by atoms with Gasteiger partial charge in [0, 0.05) is 25.2 Å². The Bertz CT molecular complexity index is 560. The quantitative estimate of drug-likeness (QED) is 0.440. The van der Waals surface area contributed by atoms with Crippen LogP contribution in [-0.2, 0) is 4.79 Å². The maximum atomic E-state index is 12.0. The first kappa shape index (κ1) is 17.0. The zero-order valence-corrected chi connectivity index (χ0v) is 12.7. The van der Waals surface area contributed by atoms with E-state index in [2.05, 4.69) is 6.58 Å². The summed E-state index contributed by atoms with van der Waals surface area (Å²) in [5, 5.41) is 10.6. The van der Waals surface area contributed by atoms with Crippen LogP contribution in [0.2, 0.25) is 5.02 Å². The molecule has 0 heterocycles. The van der Waals surface area contributed by atoms with Crippen LogP contribution in [0.15, 0.2) is 30.4 Å². The SMILES string of the molecule is C=C(C)CN(CC)C(=O)COc1ccc([N+](=O)[O-])c(Cl)c1. The fourth-order valence-corrected chi connectivity index (χ4v) is 1.90. The lowest BCUT2D eigenvalue weighted by atomic mass is 10.3. The van der Waals surface area contributed by atoms with Gasteiger partial charge in [0.2, 0.25) is 0 Å². The van der Waals surface area contributed by atoms with Crippen LogP contribution >= 0.6 is 11.6 Å². The van der Waals surface area contributed by atoms with Crippen LogP contribution in [-0.4, -0.2) is 35.4 Å². The third kappa shape index (κ3) is 5.07. The standard InChI is InChI=1S/C14H17ClN2O4/c1-4-16(8-10(2)3)14(18)9-21-11-5-6-13(17(19)20)12(15)7-11/h5-7H,2,4,8-9H2,1,3H3. The summed E-state index contributed by atoms with van der Waals surface area (Å²) in [4.78, 5) is 23.6. The van der Waals surface area contributed by atoms with E-state index in [1.54, 1.807) is 4.90 Å². The summed E-state index contributed by atoms with van der Waals surface area (Å²) < 4.78 is 5.32. The van der Waals surface area contributed by atoms with Crippen LogP contribution in [0.5, 0.6) is 5.75 Å². The second-order valence-corrected chi connectivity index (χ2v) is 4.93. The molecule has 0 aliphatic rings. The van der Waals surface area contributed by atoms with Crippen molar-refractivity contribution in [3.05, 3.63) is 45.5 Å². The predicted octanol–water partition coefficient (Wildman–Crippen LogP) is 3.05. The van der Waals surface area contributed by atoms with Gasteiger partial charge in [0.05, 0.1) is 4.92 Å². The number of nitrogens with zero attached hydrogens (tertiary/aromatic N) is 2. The van der Waals surface area contributed by atoms with Crippen molar-refractivity contribution < 1.29 is 14.5 Å². The van der Waals surface area contributed by atoms with E-state index in [1.165, 1.54) is 18.2 Å². The van der Waals surface area contributed by atoms with Gasteiger partial charge >= 0.3 is 0 Å². The molecule has 0 aromatic heterocycles.